The van der Waals surface area contributed by atoms with Crippen LogP contribution in [0.3, 0.4) is 0 Å². The predicted octanol–water partition coefficient (Wildman–Crippen LogP) is 3.40. The highest BCUT2D eigenvalue weighted by atomic mass is 16.3. The Hall–Kier alpha value is -1.38. The molecule has 1 aromatic rings. The molecule has 0 amide bonds. The number of rotatable bonds is 0. The summed E-state index contributed by atoms with van der Waals surface area (Å²) in [5.74, 6) is -0.390. The average Bonchev–Trinajstić information content (AvgIpc) is 2.06. The van der Waals surface area contributed by atoms with E-state index in [1.807, 2.05) is 41.5 Å². The Kier molecular flexibility index (Phi) is 3.08. The molecule has 17 heavy (non-hydrogen) atoms. The zero-order valence-corrected chi connectivity index (χ0v) is 11.4. The number of hydrogen-bond donors (Lipinski definition) is 3. The molecular formula is C14H22O3. The van der Waals surface area contributed by atoms with Crippen LogP contribution in [0.1, 0.15) is 52.7 Å². The van der Waals surface area contributed by atoms with Crippen molar-refractivity contribution in [2.24, 2.45) is 0 Å². The summed E-state index contributed by atoms with van der Waals surface area (Å²) in [5.41, 5.74) is 0.614. The molecule has 3 heteroatoms. The molecule has 3 N–H and O–H groups in total. The summed E-state index contributed by atoms with van der Waals surface area (Å²) < 4.78 is 0. The first kappa shape index (κ1) is 13.7. The Bertz CT molecular complexity index is 434. The number of benzene rings is 1. The Morgan fingerprint density at radius 1 is 0.706 bits per heavy atom. The second-order valence-corrected chi connectivity index (χ2v) is 6.51. The first-order valence-electron chi connectivity index (χ1n) is 5.75. The van der Waals surface area contributed by atoms with E-state index in [9.17, 15) is 15.3 Å². The van der Waals surface area contributed by atoms with Crippen molar-refractivity contribution in [2.75, 3.05) is 0 Å². The van der Waals surface area contributed by atoms with E-state index in [-0.39, 0.29) is 28.1 Å². The van der Waals surface area contributed by atoms with Crippen molar-refractivity contribution in [3.63, 3.8) is 0 Å². The normalized spacial score (nSPS) is 12.8. The maximum Gasteiger partial charge on any atom is 0.161 e. The van der Waals surface area contributed by atoms with Crippen molar-refractivity contribution in [3.05, 3.63) is 17.2 Å². The van der Waals surface area contributed by atoms with Crippen LogP contribution < -0.4 is 0 Å². The third-order valence-corrected chi connectivity index (χ3v) is 2.76. The summed E-state index contributed by atoms with van der Waals surface area (Å²) in [4.78, 5) is 0. The topological polar surface area (TPSA) is 60.7 Å². The number of phenols is 3. The zero-order valence-electron chi connectivity index (χ0n) is 11.4. The summed E-state index contributed by atoms with van der Waals surface area (Å²) in [6.45, 7) is 11.7. The van der Waals surface area contributed by atoms with Crippen LogP contribution in [0.5, 0.6) is 17.2 Å². The van der Waals surface area contributed by atoms with Crippen molar-refractivity contribution in [1.29, 1.82) is 0 Å². The van der Waals surface area contributed by atoms with Crippen LogP contribution in [-0.4, -0.2) is 15.3 Å². The highest BCUT2D eigenvalue weighted by Gasteiger charge is 2.32. The molecule has 0 aromatic heterocycles. The maximum atomic E-state index is 10.0. The average molecular weight is 238 g/mol. The van der Waals surface area contributed by atoms with Gasteiger partial charge in [0.1, 0.15) is 5.75 Å². The van der Waals surface area contributed by atoms with Crippen LogP contribution >= 0.6 is 0 Å². The van der Waals surface area contributed by atoms with Crippen LogP contribution in [0.25, 0.3) is 0 Å². The van der Waals surface area contributed by atoms with Gasteiger partial charge in [-0.25, -0.2) is 0 Å². The van der Waals surface area contributed by atoms with Crippen LogP contribution in [-0.2, 0) is 10.8 Å². The molecule has 0 unspecified atom stereocenters. The first-order chi connectivity index (χ1) is 7.46. The van der Waals surface area contributed by atoms with E-state index in [1.165, 1.54) is 6.07 Å². The largest absolute Gasteiger partial charge is 0.507 e. The molecule has 0 saturated carbocycles. The fourth-order valence-electron chi connectivity index (χ4n) is 2.13. The van der Waals surface area contributed by atoms with Crippen molar-refractivity contribution in [2.45, 2.75) is 52.4 Å². The monoisotopic (exact) mass is 238 g/mol. The van der Waals surface area contributed by atoms with E-state index >= 15 is 0 Å². The van der Waals surface area contributed by atoms with Gasteiger partial charge in [-0.05, 0) is 10.8 Å². The summed E-state index contributed by atoms with van der Waals surface area (Å²) >= 11 is 0. The molecule has 0 aliphatic rings. The van der Waals surface area contributed by atoms with Gasteiger partial charge in [-0.2, -0.15) is 0 Å². The first-order valence-corrected chi connectivity index (χ1v) is 5.75. The molecule has 0 saturated heterocycles. The maximum absolute atomic E-state index is 10.0. The Morgan fingerprint density at radius 2 is 1.12 bits per heavy atom. The Balaban J connectivity index is 3.76. The zero-order chi connectivity index (χ0) is 13.6. The fraction of sp³-hybridized carbons (Fsp3) is 0.571. The van der Waals surface area contributed by atoms with Crippen molar-refractivity contribution >= 4 is 0 Å². The van der Waals surface area contributed by atoms with Gasteiger partial charge in [0.15, 0.2) is 11.5 Å². The van der Waals surface area contributed by atoms with E-state index in [0.717, 1.165) is 0 Å². The van der Waals surface area contributed by atoms with Crippen LogP contribution in [0.15, 0.2) is 6.07 Å². The molecule has 1 aromatic carbocycles. The van der Waals surface area contributed by atoms with E-state index < -0.39 is 0 Å². The fourth-order valence-corrected chi connectivity index (χ4v) is 2.13. The lowest BCUT2D eigenvalue weighted by Gasteiger charge is -2.31. The number of phenolic OH excluding ortho intramolecular Hbond substituents is 3. The molecule has 0 aliphatic heterocycles. The van der Waals surface area contributed by atoms with Gasteiger partial charge in [-0.15, -0.1) is 0 Å². The third-order valence-electron chi connectivity index (χ3n) is 2.76. The molecule has 0 atom stereocenters. The molecular weight excluding hydrogens is 216 g/mol. The van der Waals surface area contributed by atoms with Gasteiger partial charge in [0, 0.05) is 17.2 Å². The van der Waals surface area contributed by atoms with Gasteiger partial charge in [0.2, 0.25) is 0 Å². The molecule has 0 fully saturated rings. The van der Waals surface area contributed by atoms with Crippen molar-refractivity contribution in [1.82, 2.24) is 0 Å². The Morgan fingerprint density at radius 3 is 1.47 bits per heavy atom. The van der Waals surface area contributed by atoms with E-state index in [0.29, 0.717) is 11.1 Å². The summed E-state index contributed by atoms with van der Waals surface area (Å²) in [5, 5.41) is 29.7. The number of aromatic hydroxyl groups is 3. The molecule has 3 nitrogen and oxygen atoms in total. The smallest absolute Gasteiger partial charge is 0.161 e. The van der Waals surface area contributed by atoms with Gasteiger partial charge >= 0.3 is 0 Å². The lowest BCUT2D eigenvalue weighted by atomic mass is 9.74. The highest BCUT2D eigenvalue weighted by molar-refractivity contribution is 5.60. The van der Waals surface area contributed by atoms with Gasteiger partial charge in [0.25, 0.3) is 0 Å². The van der Waals surface area contributed by atoms with Gasteiger partial charge in [-0.1, -0.05) is 41.5 Å². The molecule has 0 aliphatic carbocycles. The van der Waals surface area contributed by atoms with Gasteiger partial charge < -0.3 is 15.3 Å². The Labute approximate surface area is 103 Å². The molecule has 0 spiro atoms. The lowest BCUT2D eigenvalue weighted by molar-refractivity contribution is 0.370. The number of hydrogen-bond acceptors (Lipinski definition) is 3. The molecule has 0 bridgehead atoms. The summed E-state index contributed by atoms with van der Waals surface area (Å²) in [6.07, 6.45) is 0. The van der Waals surface area contributed by atoms with Crippen molar-refractivity contribution < 1.29 is 15.3 Å². The van der Waals surface area contributed by atoms with Gasteiger partial charge in [0.05, 0.1) is 0 Å². The molecule has 0 heterocycles. The highest BCUT2D eigenvalue weighted by Crippen LogP contribution is 2.47. The van der Waals surface area contributed by atoms with Gasteiger partial charge in [-0.3, -0.25) is 0 Å². The molecule has 0 radical (unpaired) electrons. The SMILES string of the molecule is CC(C)(C)c1c(O)cc(O)c(O)c1C(C)(C)C. The van der Waals surface area contributed by atoms with Crippen LogP contribution in [0.4, 0.5) is 0 Å². The van der Waals surface area contributed by atoms with E-state index in [4.69, 9.17) is 0 Å². The third kappa shape index (κ3) is 2.48. The van der Waals surface area contributed by atoms with Crippen LogP contribution in [0, 0.1) is 0 Å². The quantitative estimate of drug-likeness (QED) is 0.479. The molecule has 1 rings (SSSR count). The van der Waals surface area contributed by atoms with Crippen LogP contribution in [0.2, 0.25) is 0 Å². The minimum Gasteiger partial charge on any atom is -0.507 e. The van der Waals surface area contributed by atoms with E-state index in [2.05, 4.69) is 0 Å². The second-order valence-electron chi connectivity index (χ2n) is 6.51. The van der Waals surface area contributed by atoms with Crippen molar-refractivity contribution in [3.8, 4) is 17.2 Å². The minimum absolute atomic E-state index is 0.0257. The lowest BCUT2D eigenvalue weighted by Crippen LogP contribution is -2.22. The predicted molar refractivity (Wildman–Crippen MR) is 68.8 cm³/mol. The second kappa shape index (κ2) is 3.83. The minimum atomic E-state index is -0.358. The molecule has 96 valence electrons. The van der Waals surface area contributed by atoms with E-state index in [1.54, 1.807) is 0 Å². The summed E-state index contributed by atoms with van der Waals surface area (Å²) in [6, 6.07) is 1.20. The standard InChI is InChI=1S/C14H22O3/c1-13(2,3)10-8(15)7-9(16)12(17)11(10)14(4,5)6/h7,15-17H,1-6H3. The summed E-state index contributed by atoms with van der Waals surface area (Å²) in [7, 11) is 0.